The minimum absolute atomic E-state index is 0.579. The second-order valence-corrected chi connectivity index (χ2v) is 5.31. The van der Waals surface area contributed by atoms with E-state index in [9.17, 15) is 0 Å². The van der Waals surface area contributed by atoms with Crippen molar-refractivity contribution in [1.82, 2.24) is 0 Å². The number of nitrogens with two attached hydrogens (primary N) is 1. The zero-order chi connectivity index (χ0) is 14.5. The lowest BCUT2D eigenvalue weighted by Gasteiger charge is -2.24. The number of hydrogen-bond acceptors (Lipinski definition) is 2. The molecule has 0 aliphatic carbocycles. The maximum Gasteiger partial charge on any atom is 0.0441 e. The summed E-state index contributed by atoms with van der Waals surface area (Å²) in [6.45, 7) is 5.81. The molecule has 0 atom stereocenters. The van der Waals surface area contributed by atoms with Crippen molar-refractivity contribution in [2.45, 2.75) is 33.4 Å². The fraction of sp³-hybridized carbons (Fsp3) is 0.333. The third kappa shape index (κ3) is 3.20. The van der Waals surface area contributed by atoms with Gasteiger partial charge in [-0.15, -0.1) is 0 Å². The number of aryl methyl sites for hydroxylation is 2. The van der Waals surface area contributed by atoms with Crippen molar-refractivity contribution in [3.8, 4) is 0 Å². The lowest BCUT2D eigenvalue weighted by Crippen LogP contribution is -2.20. The summed E-state index contributed by atoms with van der Waals surface area (Å²) in [6, 6.07) is 15.2. The first-order valence-electron chi connectivity index (χ1n) is 7.23. The van der Waals surface area contributed by atoms with E-state index in [2.05, 4.69) is 68.3 Å². The molecule has 2 heteroatoms. The molecule has 2 N–H and O–H groups in total. The molecule has 0 aliphatic heterocycles. The van der Waals surface area contributed by atoms with Crippen LogP contribution in [0.25, 0.3) is 0 Å². The molecule has 0 spiro atoms. The van der Waals surface area contributed by atoms with Gasteiger partial charge in [-0.2, -0.15) is 0 Å². The Morgan fingerprint density at radius 1 is 1.00 bits per heavy atom. The van der Waals surface area contributed by atoms with Gasteiger partial charge in [0, 0.05) is 25.8 Å². The number of anilines is 1. The number of hydrogen-bond donors (Lipinski definition) is 1. The van der Waals surface area contributed by atoms with Gasteiger partial charge in [-0.25, -0.2) is 0 Å². The summed E-state index contributed by atoms with van der Waals surface area (Å²) < 4.78 is 0. The Bertz CT molecular complexity index is 558. The maximum atomic E-state index is 5.86. The van der Waals surface area contributed by atoms with Crippen LogP contribution < -0.4 is 10.6 Å². The van der Waals surface area contributed by atoms with Gasteiger partial charge in [-0.05, 0) is 35.6 Å². The summed E-state index contributed by atoms with van der Waals surface area (Å²) in [5.74, 6) is 0. The van der Waals surface area contributed by atoms with Gasteiger partial charge in [-0.1, -0.05) is 49.4 Å². The highest BCUT2D eigenvalue weighted by Gasteiger charge is 2.09. The molecule has 0 unspecified atom stereocenters. The van der Waals surface area contributed by atoms with Crippen molar-refractivity contribution in [1.29, 1.82) is 0 Å². The average Bonchev–Trinajstić information content (AvgIpc) is 2.47. The summed E-state index contributed by atoms with van der Waals surface area (Å²) in [5, 5.41) is 0. The molecule has 0 aromatic heterocycles. The lowest BCUT2D eigenvalue weighted by molar-refractivity contribution is 0.896. The predicted molar refractivity (Wildman–Crippen MR) is 87.0 cm³/mol. The van der Waals surface area contributed by atoms with Crippen molar-refractivity contribution < 1.29 is 0 Å². The van der Waals surface area contributed by atoms with E-state index in [-0.39, 0.29) is 0 Å². The van der Waals surface area contributed by atoms with Crippen molar-refractivity contribution >= 4 is 5.69 Å². The van der Waals surface area contributed by atoms with Crippen molar-refractivity contribution in [3.05, 3.63) is 64.7 Å². The second kappa shape index (κ2) is 6.58. The van der Waals surface area contributed by atoms with Crippen LogP contribution in [-0.4, -0.2) is 7.05 Å². The van der Waals surface area contributed by atoms with E-state index in [1.807, 2.05) is 0 Å². The number of nitrogens with zero attached hydrogens (tertiary/aromatic N) is 1. The number of rotatable bonds is 5. The summed E-state index contributed by atoms with van der Waals surface area (Å²) in [4.78, 5) is 2.29. The van der Waals surface area contributed by atoms with E-state index in [1.54, 1.807) is 0 Å². The van der Waals surface area contributed by atoms with Crippen molar-refractivity contribution in [2.75, 3.05) is 11.9 Å². The molecule has 0 heterocycles. The highest BCUT2D eigenvalue weighted by atomic mass is 15.1. The first-order valence-corrected chi connectivity index (χ1v) is 7.23. The van der Waals surface area contributed by atoms with E-state index < -0.39 is 0 Å². The Kier molecular flexibility index (Phi) is 4.80. The fourth-order valence-corrected chi connectivity index (χ4v) is 2.66. The molecule has 0 saturated heterocycles. The minimum Gasteiger partial charge on any atom is -0.370 e. The first kappa shape index (κ1) is 14.6. The fourth-order valence-electron chi connectivity index (χ4n) is 2.66. The Balaban J connectivity index is 2.21. The molecule has 0 saturated carbocycles. The van der Waals surface area contributed by atoms with E-state index in [0.29, 0.717) is 6.54 Å². The summed E-state index contributed by atoms with van der Waals surface area (Å²) in [6.07, 6.45) is 1.09. The zero-order valence-corrected chi connectivity index (χ0v) is 12.7. The third-order valence-corrected chi connectivity index (χ3v) is 3.77. The monoisotopic (exact) mass is 268 g/mol. The van der Waals surface area contributed by atoms with Crippen LogP contribution in [0.1, 0.15) is 29.2 Å². The smallest absolute Gasteiger partial charge is 0.0441 e. The molecule has 0 amide bonds. The Labute approximate surface area is 122 Å². The van der Waals surface area contributed by atoms with Gasteiger partial charge in [0.05, 0.1) is 0 Å². The van der Waals surface area contributed by atoms with Crippen LogP contribution in [0.15, 0.2) is 42.5 Å². The molecule has 0 aliphatic rings. The van der Waals surface area contributed by atoms with Gasteiger partial charge in [-0.3, -0.25) is 0 Å². The van der Waals surface area contributed by atoms with Crippen LogP contribution in [0.2, 0.25) is 0 Å². The van der Waals surface area contributed by atoms with Crippen LogP contribution in [0.3, 0.4) is 0 Å². The average molecular weight is 268 g/mol. The Morgan fingerprint density at radius 2 is 1.65 bits per heavy atom. The van der Waals surface area contributed by atoms with E-state index in [4.69, 9.17) is 5.73 Å². The maximum absolute atomic E-state index is 5.86. The molecule has 20 heavy (non-hydrogen) atoms. The molecule has 2 rings (SSSR count). The van der Waals surface area contributed by atoms with E-state index in [0.717, 1.165) is 13.0 Å². The predicted octanol–water partition coefficient (Wildman–Crippen LogP) is 3.65. The van der Waals surface area contributed by atoms with Gasteiger partial charge in [0.1, 0.15) is 0 Å². The summed E-state index contributed by atoms with van der Waals surface area (Å²) >= 11 is 0. The SMILES string of the molecule is CCc1ccc(CN(C)c2c(C)cccc2CN)cc1. The van der Waals surface area contributed by atoms with Gasteiger partial charge in [0.25, 0.3) is 0 Å². The molecule has 0 bridgehead atoms. The van der Waals surface area contributed by atoms with Gasteiger partial charge in [0.2, 0.25) is 0 Å². The number of para-hydroxylation sites is 1. The topological polar surface area (TPSA) is 29.3 Å². The van der Waals surface area contributed by atoms with Gasteiger partial charge >= 0.3 is 0 Å². The lowest BCUT2D eigenvalue weighted by atomic mass is 10.1. The van der Waals surface area contributed by atoms with Crippen LogP contribution in [0, 0.1) is 6.92 Å². The Morgan fingerprint density at radius 3 is 2.25 bits per heavy atom. The molecular formula is C18H24N2. The van der Waals surface area contributed by atoms with E-state index in [1.165, 1.54) is 27.9 Å². The van der Waals surface area contributed by atoms with Gasteiger partial charge in [0.15, 0.2) is 0 Å². The summed E-state index contributed by atoms with van der Waals surface area (Å²) in [7, 11) is 2.13. The minimum atomic E-state index is 0.579. The van der Waals surface area contributed by atoms with E-state index >= 15 is 0 Å². The van der Waals surface area contributed by atoms with Gasteiger partial charge < -0.3 is 10.6 Å². The van der Waals surface area contributed by atoms with Crippen LogP contribution >= 0.6 is 0 Å². The molecule has 2 nitrogen and oxygen atoms in total. The molecule has 106 valence electrons. The molecule has 2 aromatic carbocycles. The van der Waals surface area contributed by atoms with Crippen molar-refractivity contribution in [2.24, 2.45) is 5.73 Å². The van der Waals surface area contributed by atoms with Crippen LogP contribution in [0.5, 0.6) is 0 Å². The van der Waals surface area contributed by atoms with Crippen LogP contribution in [0.4, 0.5) is 5.69 Å². The highest BCUT2D eigenvalue weighted by molar-refractivity contribution is 5.59. The summed E-state index contributed by atoms with van der Waals surface area (Å²) in [5.41, 5.74) is 12.3. The highest BCUT2D eigenvalue weighted by Crippen LogP contribution is 2.25. The molecule has 0 fully saturated rings. The quantitative estimate of drug-likeness (QED) is 0.897. The second-order valence-electron chi connectivity index (χ2n) is 5.31. The molecular weight excluding hydrogens is 244 g/mol. The first-order chi connectivity index (χ1) is 9.65. The standard InChI is InChI=1S/C18H24N2/c1-4-15-8-10-16(11-9-15)13-20(3)18-14(2)6-5-7-17(18)12-19/h5-11H,4,12-13,19H2,1-3H3. The normalized spacial score (nSPS) is 10.6. The molecule has 2 aromatic rings. The molecule has 0 radical (unpaired) electrons. The van der Waals surface area contributed by atoms with Crippen LogP contribution in [-0.2, 0) is 19.5 Å². The number of benzene rings is 2. The third-order valence-electron chi connectivity index (χ3n) is 3.77. The largest absolute Gasteiger partial charge is 0.370 e. The zero-order valence-electron chi connectivity index (χ0n) is 12.7. The Hall–Kier alpha value is -1.80. The van der Waals surface area contributed by atoms with Crippen molar-refractivity contribution in [3.63, 3.8) is 0 Å².